The van der Waals surface area contributed by atoms with E-state index in [0.717, 1.165) is 0 Å². The molecule has 0 unspecified atom stereocenters. The van der Waals surface area contributed by atoms with E-state index in [1.165, 1.54) is 13.2 Å². The summed E-state index contributed by atoms with van der Waals surface area (Å²) < 4.78 is 24.0. The van der Waals surface area contributed by atoms with Crippen LogP contribution in [0.5, 0.6) is 0 Å². The molecule has 0 aliphatic rings. The first-order valence-corrected chi connectivity index (χ1v) is 7.87. The van der Waals surface area contributed by atoms with Crippen molar-refractivity contribution in [3.63, 3.8) is 0 Å². The van der Waals surface area contributed by atoms with Gasteiger partial charge in [0.05, 0.1) is 0 Å². The van der Waals surface area contributed by atoms with E-state index < -0.39 is 11.7 Å². The molecule has 0 aliphatic heterocycles. The van der Waals surface area contributed by atoms with Crippen molar-refractivity contribution in [3.8, 4) is 0 Å². The van der Waals surface area contributed by atoms with Gasteiger partial charge in [-0.3, -0.25) is 9.59 Å². The third-order valence-corrected chi connectivity index (χ3v) is 3.82. The Morgan fingerprint density at radius 2 is 1.73 bits per heavy atom. The average Bonchev–Trinajstić information content (AvgIpc) is 2.95. The first-order chi connectivity index (χ1) is 12.5. The number of halogens is 1. The van der Waals surface area contributed by atoms with Crippen molar-refractivity contribution in [2.75, 3.05) is 24.4 Å². The Hall–Kier alpha value is -3.19. The van der Waals surface area contributed by atoms with Crippen molar-refractivity contribution < 1.29 is 23.1 Å². The Bertz CT molecular complexity index is 964. The molecule has 2 N–H and O–H groups in total. The monoisotopic (exact) mass is 356 g/mol. The Labute approximate surface area is 148 Å². The first-order valence-electron chi connectivity index (χ1n) is 7.87. The van der Waals surface area contributed by atoms with E-state index in [2.05, 4.69) is 10.6 Å². The molecule has 2 amide bonds. The summed E-state index contributed by atoms with van der Waals surface area (Å²) in [7, 11) is 1.43. The zero-order valence-corrected chi connectivity index (χ0v) is 14.3. The maximum atomic E-state index is 13.8. The number of para-hydroxylation sites is 1. The molecule has 3 aromatic rings. The second-order valence-corrected chi connectivity index (χ2v) is 5.69. The van der Waals surface area contributed by atoms with Gasteiger partial charge in [-0.05, 0) is 37.3 Å². The summed E-state index contributed by atoms with van der Waals surface area (Å²) in [5.41, 5.74) is 1.72. The van der Waals surface area contributed by atoms with Gasteiger partial charge in [-0.1, -0.05) is 12.1 Å². The molecule has 0 bridgehead atoms. The van der Waals surface area contributed by atoms with Crippen molar-refractivity contribution in [2.24, 2.45) is 0 Å². The van der Waals surface area contributed by atoms with Crippen LogP contribution >= 0.6 is 0 Å². The summed E-state index contributed by atoms with van der Waals surface area (Å²) >= 11 is 0. The molecule has 1 aromatic heterocycles. The highest BCUT2D eigenvalue weighted by Gasteiger charge is 2.19. The fraction of sp³-hybridized carbons (Fsp3) is 0.158. The molecule has 0 atom stereocenters. The van der Waals surface area contributed by atoms with Gasteiger partial charge in [0.25, 0.3) is 5.91 Å². The van der Waals surface area contributed by atoms with Gasteiger partial charge < -0.3 is 19.8 Å². The maximum absolute atomic E-state index is 13.8. The number of methoxy groups -OCH3 is 1. The molecule has 0 spiro atoms. The SMILES string of the molecule is COCC(=O)Nc1ccc(NC(=O)c2oc3c(F)cccc3c2C)cc1. The quantitative estimate of drug-likeness (QED) is 0.730. The fourth-order valence-electron chi connectivity index (χ4n) is 2.58. The largest absolute Gasteiger partial charge is 0.448 e. The lowest BCUT2D eigenvalue weighted by molar-refractivity contribution is -0.119. The molecule has 134 valence electrons. The van der Waals surface area contributed by atoms with E-state index >= 15 is 0 Å². The molecule has 0 saturated carbocycles. The van der Waals surface area contributed by atoms with Crippen LogP contribution in [0.15, 0.2) is 46.9 Å². The lowest BCUT2D eigenvalue weighted by Crippen LogP contribution is -2.17. The Morgan fingerprint density at radius 1 is 1.08 bits per heavy atom. The van der Waals surface area contributed by atoms with Gasteiger partial charge in [-0.2, -0.15) is 0 Å². The normalized spacial score (nSPS) is 10.7. The highest BCUT2D eigenvalue weighted by atomic mass is 19.1. The molecule has 0 radical (unpaired) electrons. The van der Waals surface area contributed by atoms with Crippen molar-refractivity contribution >= 4 is 34.2 Å². The summed E-state index contributed by atoms with van der Waals surface area (Å²) in [6, 6.07) is 11.1. The molecule has 3 rings (SSSR count). The van der Waals surface area contributed by atoms with E-state index in [-0.39, 0.29) is 23.9 Å². The zero-order chi connectivity index (χ0) is 18.7. The van der Waals surface area contributed by atoms with Crippen LogP contribution in [-0.4, -0.2) is 25.5 Å². The van der Waals surface area contributed by atoms with Crippen LogP contribution in [0, 0.1) is 12.7 Å². The van der Waals surface area contributed by atoms with Crippen LogP contribution in [0.25, 0.3) is 11.0 Å². The number of nitrogens with one attached hydrogen (secondary N) is 2. The van der Waals surface area contributed by atoms with Crippen LogP contribution in [0.1, 0.15) is 16.1 Å². The second kappa shape index (κ2) is 7.37. The molecule has 1 heterocycles. The van der Waals surface area contributed by atoms with E-state index in [0.29, 0.717) is 22.3 Å². The van der Waals surface area contributed by atoms with E-state index in [9.17, 15) is 14.0 Å². The molecular formula is C19H17FN2O4. The molecule has 7 heteroatoms. The Kier molecular flexibility index (Phi) is 4.99. The minimum atomic E-state index is -0.513. The van der Waals surface area contributed by atoms with Gasteiger partial charge in [0, 0.05) is 29.4 Å². The van der Waals surface area contributed by atoms with Crippen molar-refractivity contribution in [1.29, 1.82) is 0 Å². The minimum Gasteiger partial charge on any atom is -0.448 e. The topological polar surface area (TPSA) is 80.6 Å². The van der Waals surface area contributed by atoms with Gasteiger partial charge in [0.2, 0.25) is 5.91 Å². The number of fused-ring (bicyclic) bond motifs is 1. The number of carbonyl (C=O) groups is 2. The molecule has 0 aliphatic carbocycles. The van der Waals surface area contributed by atoms with Gasteiger partial charge >= 0.3 is 0 Å². The van der Waals surface area contributed by atoms with Gasteiger partial charge in [-0.25, -0.2) is 4.39 Å². The number of aryl methyl sites for hydroxylation is 1. The first kappa shape index (κ1) is 17.6. The summed E-state index contributed by atoms with van der Waals surface area (Å²) in [6.07, 6.45) is 0. The third kappa shape index (κ3) is 3.57. The Balaban J connectivity index is 1.75. The summed E-state index contributed by atoms with van der Waals surface area (Å²) in [4.78, 5) is 23.9. The Morgan fingerprint density at radius 3 is 2.35 bits per heavy atom. The smallest absolute Gasteiger partial charge is 0.291 e. The van der Waals surface area contributed by atoms with Crippen LogP contribution in [0.2, 0.25) is 0 Å². The van der Waals surface area contributed by atoms with Gasteiger partial charge in [-0.15, -0.1) is 0 Å². The highest BCUT2D eigenvalue weighted by molar-refractivity contribution is 6.06. The van der Waals surface area contributed by atoms with Crippen molar-refractivity contribution in [3.05, 3.63) is 59.6 Å². The van der Waals surface area contributed by atoms with E-state index in [4.69, 9.17) is 9.15 Å². The molecule has 6 nitrogen and oxygen atoms in total. The van der Waals surface area contributed by atoms with Crippen molar-refractivity contribution in [2.45, 2.75) is 6.92 Å². The number of carbonyl (C=O) groups excluding carboxylic acids is 2. The lowest BCUT2D eigenvalue weighted by atomic mass is 10.1. The minimum absolute atomic E-state index is 0.0413. The zero-order valence-electron chi connectivity index (χ0n) is 14.3. The van der Waals surface area contributed by atoms with Crippen LogP contribution in [-0.2, 0) is 9.53 Å². The van der Waals surface area contributed by atoms with Gasteiger partial charge in [0.1, 0.15) is 6.61 Å². The van der Waals surface area contributed by atoms with Gasteiger partial charge in [0.15, 0.2) is 17.2 Å². The van der Waals surface area contributed by atoms with Crippen molar-refractivity contribution in [1.82, 2.24) is 0 Å². The predicted octanol–water partition coefficient (Wildman–Crippen LogP) is 3.72. The van der Waals surface area contributed by atoms with Crippen LogP contribution in [0.3, 0.4) is 0 Å². The average molecular weight is 356 g/mol. The fourth-order valence-corrected chi connectivity index (χ4v) is 2.58. The standard InChI is InChI=1S/C19H17FN2O4/c1-11-14-4-3-5-15(20)18(14)26-17(11)19(24)22-13-8-6-12(7-9-13)21-16(23)10-25-2/h3-9H,10H2,1-2H3,(H,21,23)(H,22,24). The molecular weight excluding hydrogens is 339 g/mol. The number of furan rings is 1. The molecule has 26 heavy (non-hydrogen) atoms. The molecule has 0 fully saturated rings. The number of amides is 2. The lowest BCUT2D eigenvalue weighted by Gasteiger charge is -2.07. The number of anilines is 2. The number of benzene rings is 2. The number of hydrogen-bond acceptors (Lipinski definition) is 4. The number of ether oxygens (including phenoxy) is 1. The number of hydrogen-bond donors (Lipinski definition) is 2. The maximum Gasteiger partial charge on any atom is 0.291 e. The molecule has 0 saturated heterocycles. The molecule has 2 aromatic carbocycles. The summed E-state index contributed by atoms with van der Waals surface area (Å²) in [6.45, 7) is 1.66. The highest BCUT2D eigenvalue weighted by Crippen LogP contribution is 2.28. The second-order valence-electron chi connectivity index (χ2n) is 5.69. The van der Waals surface area contributed by atoms with E-state index in [1.807, 2.05) is 0 Å². The summed E-state index contributed by atoms with van der Waals surface area (Å²) in [5.74, 6) is -1.21. The van der Waals surface area contributed by atoms with Crippen LogP contribution in [0.4, 0.5) is 15.8 Å². The van der Waals surface area contributed by atoms with E-state index in [1.54, 1.807) is 43.3 Å². The predicted molar refractivity (Wildman–Crippen MR) is 95.8 cm³/mol. The summed E-state index contributed by atoms with van der Waals surface area (Å²) in [5, 5.41) is 5.91. The number of rotatable bonds is 5. The van der Waals surface area contributed by atoms with Crippen LogP contribution < -0.4 is 10.6 Å². The third-order valence-electron chi connectivity index (χ3n) is 3.82.